The largest absolute Gasteiger partial charge is 0.294 e. The first-order valence-corrected chi connectivity index (χ1v) is 6.37. The Bertz CT molecular complexity index is 623. The van der Waals surface area contributed by atoms with Crippen LogP contribution in [0, 0.1) is 10.1 Å². The van der Waals surface area contributed by atoms with Crippen molar-refractivity contribution in [2.45, 2.75) is 6.42 Å². The van der Waals surface area contributed by atoms with Gasteiger partial charge < -0.3 is 0 Å². The quantitative estimate of drug-likeness (QED) is 0.489. The molecule has 0 aromatic heterocycles. The normalized spacial score (nSPS) is 10.2. The number of Topliss-reactive ketones (excluding diaryl/α,β-unsaturated/α-hetero) is 1. The van der Waals surface area contributed by atoms with Gasteiger partial charge in [0.1, 0.15) is 0 Å². The molecule has 0 heterocycles. The maximum absolute atomic E-state index is 12.0. The van der Waals surface area contributed by atoms with Crippen LogP contribution in [0.2, 0.25) is 0 Å². The van der Waals surface area contributed by atoms with Gasteiger partial charge in [-0.15, -0.1) is 0 Å². The lowest BCUT2D eigenvalue weighted by atomic mass is 10.0. The summed E-state index contributed by atoms with van der Waals surface area (Å²) < 4.78 is 0.944. The van der Waals surface area contributed by atoms with Crippen LogP contribution in [0.25, 0.3) is 0 Å². The van der Waals surface area contributed by atoms with E-state index in [0.717, 1.165) is 10.0 Å². The van der Waals surface area contributed by atoms with Gasteiger partial charge in [-0.25, -0.2) is 0 Å². The maximum Gasteiger partial charge on any atom is 0.270 e. The molecule has 5 heteroatoms. The van der Waals surface area contributed by atoms with Gasteiger partial charge in [-0.3, -0.25) is 14.9 Å². The number of nitrogens with zero attached hydrogens (tertiary/aromatic N) is 1. The Morgan fingerprint density at radius 1 is 1.16 bits per heavy atom. The van der Waals surface area contributed by atoms with E-state index in [2.05, 4.69) is 15.9 Å². The number of nitro benzene ring substituents is 1. The Kier molecular flexibility index (Phi) is 4.06. The molecule has 0 saturated heterocycles. The molecule has 4 nitrogen and oxygen atoms in total. The van der Waals surface area contributed by atoms with Crippen LogP contribution in [-0.4, -0.2) is 10.7 Å². The minimum Gasteiger partial charge on any atom is -0.294 e. The Morgan fingerprint density at radius 2 is 1.84 bits per heavy atom. The lowest BCUT2D eigenvalue weighted by molar-refractivity contribution is -0.384. The van der Waals surface area contributed by atoms with Crippen molar-refractivity contribution in [2.75, 3.05) is 0 Å². The van der Waals surface area contributed by atoms with Gasteiger partial charge >= 0.3 is 0 Å². The molecule has 0 fully saturated rings. The van der Waals surface area contributed by atoms with Crippen LogP contribution in [0.1, 0.15) is 15.9 Å². The Morgan fingerprint density at radius 3 is 2.47 bits per heavy atom. The van der Waals surface area contributed by atoms with Crippen molar-refractivity contribution in [3.8, 4) is 0 Å². The van der Waals surface area contributed by atoms with Crippen molar-refractivity contribution in [1.82, 2.24) is 0 Å². The van der Waals surface area contributed by atoms with E-state index in [-0.39, 0.29) is 17.9 Å². The zero-order valence-corrected chi connectivity index (χ0v) is 11.5. The molecule has 0 aliphatic heterocycles. The van der Waals surface area contributed by atoms with Crippen LogP contribution in [0.3, 0.4) is 0 Å². The van der Waals surface area contributed by atoms with Crippen molar-refractivity contribution >= 4 is 27.4 Å². The highest BCUT2D eigenvalue weighted by atomic mass is 79.9. The molecule has 2 rings (SSSR count). The zero-order valence-electron chi connectivity index (χ0n) is 9.88. The molecular formula is C14H10BrNO3. The number of carbonyl (C=O) groups is 1. The predicted octanol–water partition coefficient (Wildman–Crippen LogP) is 3.78. The minimum absolute atomic E-state index is 0.0679. The number of benzene rings is 2. The van der Waals surface area contributed by atoms with Crippen LogP contribution < -0.4 is 0 Å². The van der Waals surface area contributed by atoms with Crippen LogP contribution >= 0.6 is 15.9 Å². The standard InChI is InChI=1S/C14H10BrNO3/c15-12-6-4-10(5-7-12)8-14(17)11-2-1-3-13(9-11)16(18)19/h1-7,9H,8H2. The van der Waals surface area contributed by atoms with E-state index in [0.29, 0.717) is 5.56 Å². The van der Waals surface area contributed by atoms with Crippen molar-refractivity contribution in [3.63, 3.8) is 0 Å². The van der Waals surface area contributed by atoms with Crippen LogP contribution in [-0.2, 0) is 6.42 Å². The topological polar surface area (TPSA) is 60.2 Å². The number of halogens is 1. The fraction of sp³-hybridized carbons (Fsp3) is 0.0714. The molecule has 0 N–H and O–H groups in total. The van der Waals surface area contributed by atoms with E-state index >= 15 is 0 Å². The fourth-order valence-corrected chi connectivity index (χ4v) is 1.95. The van der Waals surface area contributed by atoms with E-state index in [9.17, 15) is 14.9 Å². The Labute approximate surface area is 118 Å². The van der Waals surface area contributed by atoms with Crippen LogP contribution in [0.15, 0.2) is 53.0 Å². The summed E-state index contributed by atoms with van der Waals surface area (Å²) in [4.78, 5) is 22.2. The van der Waals surface area contributed by atoms with Crippen molar-refractivity contribution in [1.29, 1.82) is 0 Å². The first kappa shape index (κ1) is 13.4. The fourth-order valence-electron chi connectivity index (χ4n) is 1.68. The van der Waals surface area contributed by atoms with Crippen LogP contribution in [0.5, 0.6) is 0 Å². The summed E-state index contributed by atoms with van der Waals surface area (Å²) in [6.07, 6.45) is 0.231. The Balaban J connectivity index is 2.18. The maximum atomic E-state index is 12.0. The number of rotatable bonds is 4. The average molecular weight is 320 g/mol. The van der Waals surface area contributed by atoms with Crippen molar-refractivity contribution in [3.05, 3.63) is 74.2 Å². The summed E-state index contributed by atoms with van der Waals surface area (Å²) in [5.74, 6) is -0.133. The molecule has 0 spiro atoms. The number of ketones is 1. The van der Waals surface area contributed by atoms with Gasteiger partial charge in [0.15, 0.2) is 5.78 Å². The second-order valence-corrected chi connectivity index (χ2v) is 4.95. The predicted molar refractivity (Wildman–Crippen MR) is 75.3 cm³/mol. The van der Waals surface area contributed by atoms with E-state index in [1.54, 1.807) is 6.07 Å². The number of nitro groups is 1. The summed E-state index contributed by atoms with van der Waals surface area (Å²) in [5.41, 5.74) is 1.17. The summed E-state index contributed by atoms with van der Waals surface area (Å²) in [6, 6.07) is 13.2. The first-order valence-electron chi connectivity index (χ1n) is 5.58. The van der Waals surface area contributed by atoms with E-state index in [4.69, 9.17) is 0 Å². The minimum atomic E-state index is -0.504. The second kappa shape index (κ2) is 5.75. The van der Waals surface area contributed by atoms with E-state index < -0.39 is 4.92 Å². The van der Waals surface area contributed by atoms with Crippen molar-refractivity contribution in [2.24, 2.45) is 0 Å². The molecule has 0 saturated carbocycles. The summed E-state index contributed by atoms with van der Waals surface area (Å²) >= 11 is 3.32. The van der Waals surface area contributed by atoms with Gasteiger partial charge in [-0.2, -0.15) is 0 Å². The highest BCUT2D eigenvalue weighted by molar-refractivity contribution is 9.10. The molecule has 2 aromatic carbocycles. The smallest absolute Gasteiger partial charge is 0.270 e. The van der Waals surface area contributed by atoms with Gasteiger partial charge in [0.2, 0.25) is 0 Å². The number of hydrogen-bond donors (Lipinski definition) is 0. The van der Waals surface area contributed by atoms with Gasteiger partial charge in [-0.1, -0.05) is 40.2 Å². The highest BCUT2D eigenvalue weighted by Gasteiger charge is 2.11. The number of carbonyl (C=O) groups excluding carboxylic acids is 1. The molecule has 0 atom stereocenters. The van der Waals surface area contributed by atoms with Gasteiger partial charge in [0, 0.05) is 28.6 Å². The molecule has 0 bridgehead atoms. The molecule has 0 aliphatic carbocycles. The molecule has 19 heavy (non-hydrogen) atoms. The molecule has 96 valence electrons. The SMILES string of the molecule is O=C(Cc1ccc(Br)cc1)c1cccc([N+](=O)[O-])c1. The first-order chi connectivity index (χ1) is 9.06. The second-order valence-electron chi connectivity index (χ2n) is 4.03. The molecule has 2 aromatic rings. The van der Waals surface area contributed by atoms with Crippen molar-refractivity contribution < 1.29 is 9.72 Å². The van der Waals surface area contributed by atoms with Gasteiger partial charge in [0.25, 0.3) is 5.69 Å². The van der Waals surface area contributed by atoms with Gasteiger partial charge in [-0.05, 0) is 17.7 Å². The number of hydrogen-bond acceptors (Lipinski definition) is 3. The van der Waals surface area contributed by atoms with Crippen LogP contribution in [0.4, 0.5) is 5.69 Å². The number of non-ortho nitro benzene ring substituents is 1. The molecule has 0 amide bonds. The average Bonchev–Trinajstić information content (AvgIpc) is 2.41. The highest BCUT2D eigenvalue weighted by Crippen LogP contribution is 2.16. The molecule has 0 unspecified atom stereocenters. The zero-order chi connectivity index (χ0) is 13.8. The lowest BCUT2D eigenvalue weighted by Gasteiger charge is -2.02. The van der Waals surface area contributed by atoms with E-state index in [1.165, 1.54) is 18.2 Å². The molecule has 0 radical (unpaired) electrons. The third-order valence-electron chi connectivity index (χ3n) is 2.66. The molecule has 0 aliphatic rings. The summed E-state index contributed by atoms with van der Waals surface area (Å²) in [7, 11) is 0. The van der Waals surface area contributed by atoms with Gasteiger partial charge in [0.05, 0.1) is 4.92 Å². The van der Waals surface area contributed by atoms with E-state index in [1.807, 2.05) is 24.3 Å². The Hall–Kier alpha value is -2.01. The molecular weight excluding hydrogens is 310 g/mol. The summed E-state index contributed by atoms with van der Waals surface area (Å²) in [5, 5.41) is 10.7. The summed E-state index contributed by atoms with van der Waals surface area (Å²) in [6.45, 7) is 0. The third kappa shape index (κ3) is 3.48. The third-order valence-corrected chi connectivity index (χ3v) is 3.19. The lowest BCUT2D eigenvalue weighted by Crippen LogP contribution is -2.04. The monoisotopic (exact) mass is 319 g/mol.